The second-order valence-corrected chi connectivity index (χ2v) is 4.87. The lowest BCUT2D eigenvalue weighted by Crippen LogP contribution is -2.25. The molecule has 0 aliphatic heterocycles. The highest BCUT2D eigenvalue weighted by Gasteiger charge is 2.10. The number of nitrogens with two attached hydrogens (primary N) is 1. The van der Waals surface area contributed by atoms with Gasteiger partial charge in [-0.15, -0.1) is 0 Å². The molecule has 0 amide bonds. The Kier molecular flexibility index (Phi) is 5.56. The zero-order valence-electron chi connectivity index (χ0n) is 10.5. The van der Waals surface area contributed by atoms with E-state index in [9.17, 15) is 8.78 Å². The first-order valence-corrected chi connectivity index (χ1v) is 6.21. The van der Waals surface area contributed by atoms with Crippen LogP contribution in [0.3, 0.4) is 0 Å². The fourth-order valence-electron chi connectivity index (χ4n) is 2.24. The van der Waals surface area contributed by atoms with Crippen LogP contribution in [0.15, 0.2) is 18.2 Å². The van der Waals surface area contributed by atoms with E-state index in [2.05, 4.69) is 13.8 Å². The molecule has 0 spiro atoms. The standard InChI is InChI=1S/C14H21F2N/c1-3-4-10(2)5-14(17)8-11-6-12(15)9-13(16)7-11/h6-7,9-10,14H,3-5,8,17H2,1-2H3. The number of hydrogen-bond acceptors (Lipinski definition) is 1. The molecule has 0 aromatic heterocycles. The van der Waals surface area contributed by atoms with Crippen molar-refractivity contribution >= 4 is 0 Å². The molecule has 2 N–H and O–H groups in total. The summed E-state index contributed by atoms with van der Waals surface area (Å²) in [7, 11) is 0. The first-order chi connectivity index (χ1) is 8.01. The molecule has 0 heterocycles. The first-order valence-electron chi connectivity index (χ1n) is 6.21. The molecule has 1 aromatic carbocycles. The van der Waals surface area contributed by atoms with Crippen molar-refractivity contribution in [2.75, 3.05) is 0 Å². The maximum absolute atomic E-state index is 13.0. The average Bonchev–Trinajstić information content (AvgIpc) is 2.14. The predicted octanol–water partition coefficient (Wildman–Crippen LogP) is 3.66. The van der Waals surface area contributed by atoms with Gasteiger partial charge in [0.2, 0.25) is 0 Å². The molecule has 17 heavy (non-hydrogen) atoms. The van der Waals surface area contributed by atoms with E-state index in [1.807, 2.05) is 0 Å². The Balaban J connectivity index is 2.52. The summed E-state index contributed by atoms with van der Waals surface area (Å²) < 4.78 is 26.0. The van der Waals surface area contributed by atoms with E-state index in [1.54, 1.807) is 0 Å². The molecule has 1 aromatic rings. The summed E-state index contributed by atoms with van der Waals surface area (Å²) in [5.41, 5.74) is 6.63. The van der Waals surface area contributed by atoms with Gasteiger partial charge in [0.15, 0.2) is 0 Å². The maximum Gasteiger partial charge on any atom is 0.126 e. The summed E-state index contributed by atoms with van der Waals surface area (Å²) in [6.45, 7) is 4.31. The zero-order chi connectivity index (χ0) is 12.8. The van der Waals surface area contributed by atoms with Gasteiger partial charge in [-0.1, -0.05) is 26.7 Å². The van der Waals surface area contributed by atoms with Gasteiger partial charge >= 0.3 is 0 Å². The Morgan fingerprint density at radius 3 is 2.29 bits per heavy atom. The number of rotatable bonds is 6. The normalized spacial score (nSPS) is 14.6. The fourth-order valence-corrected chi connectivity index (χ4v) is 2.24. The van der Waals surface area contributed by atoms with Crippen LogP contribution >= 0.6 is 0 Å². The minimum Gasteiger partial charge on any atom is -0.327 e. The van der Waals surface area contributed by atoms with E-state index in [1.165, 1.54) is 12.1 Å². The van der Waals surface area contributed by atoms with Crippen LogP contribution in [0.5, 0.6) is 0 Å². The number of benzene rings is 1. The van der Waals surface area contributed by atoms with E-state index in [0.717, 1.165) is 25.3 Å². The highest BCUT2D eigenvalue weighted by Crippen LogP contribution is 2.15. The summed E-state index contributed by atoms with van der Waals surface area (Å²) in [6.07, 6.45) is 3.71. The highest BCUT2D eigenvalue weighted by molar-refractivity contribution is 5.18. The molecule has 0 saturated carbocycles. The highest BCUT2D eigenvalue weighted by atomic mass is 19.1. The van der Waals surface area contributed by atoms with Crippen molar-refractivity contribution < 1.29 is 8.78 Å². The molecule has 2 unspecified atom stereocenters. The molecule has 2 atom stereocenters. The number of halogens is 2. The molecule has 0 fully saturated rings. The minimum absolute atomic E-state index is 0.0299. The predicted molar refractivity (Wildman–Crippen MR) is 66.7 cm³/mol. The van der Waals surface area contributed by atoms with E-state index in [0.29, 0.717) is 17.9 Å². The van der Waals surface area contributed by atoms with E-state index >= 15 is 0 Å². The van der Waals surface area contributed by atoms with Gasteiger partial charge in [-0.3, -0.25) is 0 Å². The van der Waals surface area contributed by atoms with E-state index in [-0.39, 0.29) is 6.04 Å². The molecular formula is C14H21F2N. The minimum atomic E-state index is -0.534. The Labute approximate surface area is 102 Å². The molecule has 1 rings (SSSR count). The van der Waals surface area contributed by atoms with Crippen LogP contribution in [0, 0.1) is 17.6 Å². The van der Waals surface area contributed by atoms with Gasteiger partial charge in [0, 0.05) is 12.1 Å². The Morgan fingerprint density at radius 1 is 1.18 bits per heavy atom. The summed E-state index contributed by atoms with van der Waals surface area (Å²) in [5, 5.41) is 0. The van der Waals surface area contributed by atoms with Gasteiger partial charge in [0.1, 0.15) is 11.6 Å². The topological polar surface area (TPSA) is 26.0 Å². The Bertz CT molecular complexity index is 332. The van der Waals surface area contributed by atoms with Gasteiger partial charge in [-0.2, -0.15) is 0 Å². The third kappa shape index (κ3) is 5.26. The van der Waals surface area contributed by atoms with Crippen molar-refractivity contribution in [3.8, 4) is 0 Å². The van der Waals surface area contributed by atoms with Gasteiger partial charge in [0.25, 0.3) is 0 Å². The monoisotopic (exact) mass is 241 g/mol. The van der Waals surface area contributed by atoms with Crippen LogP contribution in [0.25, 0.3) is 0 Å². The van der Waals surface area contributed by atoms with Crippen LogP contribution in [0.1, 0.15) is 38.7 Å². The van der Waals surface area contributed by atoms with Gasteiger partial charge < -0.3 is 5.73 Å². The van der Waals surface area contributed by atoms with Crippen molar-refractivity contribution in [3.63, 3.8) is 0 Å². The maximum atomic E-state index is 13.0. The second kappa shape index (κ2) is 6.70. The molecule has 0 radical (unpaired) electrons. The van der Waals surface area contributed by atoms with Crippen LogP contribution < -0.4 is 5.73 Å². The molecule has 1 nitrogen and oxygen atoms in total. The van der Waals surface area contributed by atoms with Crippen LogP contribution in [-0.4, -0.2) is 6.04 Å². The molecule has 96 valence electrons. The smallest absolute Gasteiger partial charge is 0.126 e. The fraction of sp³-hybridized carbons (Fsp3) is 0.571. The van der Waals surface area contributed by atoms with E-state index in [4.69, 9.17) is 5.73 Å². The third-order valence-corrected chi connectivity index (χ3v) is 2.91. The van der Waals surface area contributed by atoms with Crippen LogP contribution in [0.2, 0.25) is 0 Å². The Hall–Kier alpha value is -0.960. The molecule has 3 heteroatoms. The molecule has 0 bridgehead atoms. The summed E-state index contributed by atoms with van der Waals surface area (Å²) in [6, 6.07) is 3.56. The Morgan fingerprint density at radius 2 is 1.76 bits per heavy atom. The first kappa shape index (κ1) is 14.1. The SMILES string of the molecule is CCCC(C)CC(N)Cc1cc(F)cc(F)c1. The lowest BCUT2D eigenvalue weighted by molar-refractivity contribution is 0.431. The largest absolute Gasteiger partial charge is 0.327 e. The number of hydrogen-bond donors (Lipinski definition) is 1. The van der Waals surface area contributed by atoms with Gasteiger partial charge in [0.05, 0.1) is 0 Å². The molecule has 0 aliphatic rings. The third-order valence-electron chi connectivity index (χ3n) is 2.91. The van der Waals surface area contributed by atoms with Crippen molar-refractivity contribution in [1.82, 2.24) is 0 Å². The van der Waals surface area contributed by atoms with Crippen molar-refractivity contribution in [2.24, 2.45) is 11.7 Å². The van der Waals surface area contributed by atoms with Crippen molar-refractivity contribution in [2.45, 2.75) is 45.6 Å². The van der Waals surface area contributed by atoms with Gasteiger partial charge in [-0.05, 0) is 36.5 Å². The van der Waals surface area contributed by atoms with Gasteiger partial charge in [-0.25, -0.2) is 8.78 Å². The zero-order valence-corrected chi connectivity index (χ0v) is 10.5. The molecule has 0 aliphatic carbocycles. The quantitative estimate of drug-likeness (QED) is 0.808. The molecule has 0 saturated heterocycles. The second-order valence-electron chi connectivity index (χ2n) is 4.87. The summed E-state index contributed by atoms with van der Waals surface area (Å²) in [5.74, 6) is -0.504. The lowest BCUT2D eigenvalue weighted by Gasteiger charge is -2.16. The van der Waals surface area contributed by atoms with Crippen LogP contribution in [-0.2, 0) is 6.42 Å². The lowest BCUT2D eigenvalue weighted by atomic mass is 9.94. The molecular weight excluding hydrogens is 220 g/mol. The summed E-state index contributed by atoms with van der Waals surface area (Å²) in [4.78, 5) is 0. The van der Waals surface area contributed by atoms with Crippen molar-refractivity contribution in [3.05, 3.63) is 35.4 Å². The summed E-state index contributed by atoms with van der Waals surface area (Å²) >= 11 is 0. The van der Waals surface area contributed by atoms with E-state index < -0.39 is 11.6 Å². The van der Waals surface area contributed by atoms with Crippen molar-refractivity contribution in [1.29, 1.82) is 0 Å². The average molecular weight is 241 g/mol. The van der Waals surface area contributed by atoms with Crippen LogP contribution in [0.4, 0.5) is 8.78 Å².